The lowest BCUT2D eigenvalue weighted by Crippen LogP contribution is -1.98. The maximum atomic E-state index is 5.90. The predicted molar refractivity (Wildman–Crippen MR) is 111 cm³/mol. The molecule has 5 heteroatoms. The molecule has 0 radical (unpaired) electrons. The summed E-state index contributed by atoms with van der Waals surface area (Å²) in [5, 5.41) is 4.97. The van der Waals surface area contributed by atoms with Gasteiger partial charge in [0, 0.05) is 5.02 Å². The Balaban J connectivity index is 1.63. The maximum Gasteiger partial charge on any atom is 0.161 e. The molecular formula is C22H21ClN2O2. The Kier molecular flexibility index (Phi) is 6.34. The Morgan fingerprint density at radius 1 is 0.963 bits per heavy atom. The van der Waals surface area contributed by atoms with Crippen molar-refractivity contribution in [1.82, 2.24) is 0 Å². The van der Waals surface area contributed by atoms with Crippen molar-refractivity contribution in [3.05, 3.63) is 88.4 Å². The molecule has 138 valence electrons. The number of hydrogen-bond acceptors (Lipinski definition) is 4. The first-order valence-corrected chi connectivity index (χ1v) is 8.93. The molecule has 0 amide bonds. The molecule has 3 aromatic rings. The van der Waals surface area contributed by atoms with Crippen LogP contribution >= 0.6 is 11.6 Å². The average Bonchev–Trinajstić information content (AvgIpc) is 2.69. The number of benzene rings is 3. The highest BCUT2D eigenvalue weighted by molar-refractivity contribution is 6.30. The summed E-state index contributed by atoms with van der Waals surface area (Å²) in [4.78, 5) is 0. The van der Waals surface area contributed by atoms with Crippen LogP contribution in [-0.2, 0) is 6.61 Å². The highest BCUT2D eigenvalue weighted by Crippen LogP contribution is 2.28. The summed E-state index contributed by atoms with van der Waals surface area (Å²) in [6, 6.07) is 21.3. The van der Waals surface area contributed by atoms with E-state index in [1.807, 2.05) is 66.7 Å². The normalized spacial score (nSPS) is 10.8. The number of nitrogens with one attached hydrogen (secondary N) is 1. The Hall–Kier alpha value is -2.98. The fraction of sp³-hybridized carbons (Fsp3) is 0.136. The monoisotopic (exact) mass is 380 g/mol. The van der Waals surface area contributed by atoms with Crippen LogP contribution < -0.4 is 14.9 Å². The van der Waals surface area contributed by atoms with Gasteiger partial charge in [-0.25, -0.2) is 0 Å². The van der Waals surface area contributed by atoms with Gasteiger partial charge in [0.15, 0.2) is 11.5 Å². The van der Waals surface area contributed by atoms with Gasteiger partial charge in [0.2, 0.25) is 0 Å². The van der Waals surface area contributed by atoms with Crippen LogP contribution in [0.5, 0.6) is 11.5 Å². The van der Waals surface area contributed by atoms with E-state index in [1.54, 1.807) is 13.3 Å². The molecule has 0 fully saturated rings. The summed E-state index contributed by atoms with van der Waals surface area (Å²) in [7, 11) is 1.62. The number of anilines is 1. The summed E-state index contributed by atoms with van der Waals surface area (Å²) in [5.41, 5.74) is 7.10. The van der Waals surface area contributed by atoms with Crippen molar-refractivity contribution in [2.24, 2.45) is 5.10 Å². The molecule has 0 spiro atoms. The van der Waals surface area contributed by atoms with E-state index in [4.69, 9.17) is 21.1 Å². The summed E-state index contributed by atoms with van der Waals surface area (Å²) < 4.78 is 11.3. The molecule has 0 unspecified atom stereocenters. The van der Waals surface area contributed by atoms with E-state index in [9.17, 15) is 0 Å². The third kappa shape index (κ3) is 5.50. The van der Waals surface area contributed by atoms with Crippen LogP contribution in [0.4, 0.5) is 5.69 Å². The van der Waals surface area contributed by atoms with Gasteiger partial charge in [-0.15, -0.1) is 0 Å². The van der Waals surface area contributed by atoms with Crippen LogP contribution in [-0.4, -0.2) is 13.3 Å². The quantitative estimate of drug-likeness (QED) is 0.423. The van der Waals surface area contributed by atoms with Crippen LogP contribution in [0.3, 0.4) is 0 Å². The lowest BCUT2D eigenvalue weighted by Gasteiger charge is -2.11. The SMILES string of the molecule is COc1cc(C=NNc2ccc(C)cc2)ccc1OCc1ccc(Cl)cc1. The second-order valence-electron chi connectivity index (χ2n) is 6.06. The summed E-state index contributed by atoms with van der Waals surface area (Å²) >= 11 is 5.90. The van der Waals surface area contributed by atoms with Gasteiger partial charge < -0.3 is 9.47 Å². The van der Waals surface area contributed by atoms with Crippen LogP contribution in [0.15, 0.2) is 71.8 Å². The van der Waals surface area contributed by atoms with Crippen LogP contribution in [0, 0.1) is 6.92 Å². The molecule has 4 nitrogen and oxygen atoms in total. The van der Waals surface area contributed by atoms with Crippen LogP contribution in [0.1, 0.15) is 16.7 Å². The minimum atomic E-state index is 0.440. The molecule has 27 heavy (non-hydrogen) atoms. The Morgan fingerprint density at radius 3 is 2.41 bits per heavy atom. The first-order valence-electron chi connectivity index (χ1n) is 8.55. The number of rotatable bonds is 7. The number of nitrogens with zero attached hydrogens (tertiary/aromatic N) is 1. The fourth-order valence-electron chi connectivity index (χ4n) is 2.43. The molecule has 0 heterocycles. The molecule has 3 aromatic carbocycles. The molecule has 0 aliphatic rings. The summed E-state index contributed by atoms with van der Waals surface area (Å²) in [6.45, 7) is 2.49. The van der Waals surface area contributed by atoms with Gasteiger partial charge in [0.25, 0.3) is 0 Å². The minimum Gasteiger partial charge on any atom is -0.493 e. The van der Waals surface area contributed by atoms with Crippen molar-refractivity contribution in [1.29, 1.82) is 0 Å². The predicted octanol–water partition coefficient (Wildman–Crippen LogP) is 5.68. The molecule has 0 saturated carbocycles. The molecule has 0 aliphatic carbocycles. The summed E-state index contributed by atoms with van der Waals surface area (Å²) in [6.07, 6.45) is 1.74. The van der Waals surface area contributed by atoms with Gasteiger partial charge in [-0.1, -0.05) is 41.4 Å². The molecule has 0 saturated heterocycles. The van der Waals surface area contributed by atoms with Gasteiger partial charge in [0.05, 0.1) is 19.0 Å². The first-order chi connectivity index (χ1) is 13.1. The van der Waals surface area contributed by atoms with Crippen molar-refractivity contribution in [2.75, 3.05) is 12.5 Å². The number of methoxy groups -OCH3 is 1. The van der Waals surface area contributed by atoms with Crippen molar-refractivity contribution in [3.63, 3.8) is 0 Å². The molecule has 0 bridgehead atoms. The van der Waals surface area contributed by atoms with E-state index >= 15 is 0 Å². The van der Waals surface area contributed by atoms with Crippen molar-refractivity contribution in [3.8, 4) is 11.5 Å². The van der Waals surface area contributed by atoms with Crippen molar-refractivity contribution >= 4 is 23.5 Å². The Bertz CT molecular complexity index is 907. The largest absolute Gasteiger partial charge is 0.493 e. The van der Waals surface area contributed by atoms with E-state index in [0.29, 0.717) is 23.1 Å². The van der Waals surface area contributed by atoms with Crippen LogP contribution in [0.2, 0.25) is 5.02 Å². The Labute approximate surface area is 164 Å². The molecular weight excluding hydrogens is 360 g/mol. The zero-order valence-electron chi connectivity index (χ0n) is 15.3. The number of ether oxygens (including phenoxy) is 2. The van der Waals surface area contributed by atoms with Crippen molar-refractivity contribution < 1.29 is 9.47 Å². The molecule has 0 aromatic heterocycles. The Morgan fingerprint density at radius 2 is 1.70 bits per heavy atom. The summed E-state index contributed by atoms with van der Waals surface area (Å²) in [5.74, 6) is 1.33. The number of aryl methyl sites for hydroxylation is 1. The second-order valence-corrected chi connectivity index (χ2v) is 6.50. The second kappa shape index (κ2) is 9.10. The lowest BCUT2D eigenvalue weighted by atomic mass is 10.2. The topological polar surface area (TPSA) is 42.8 Å². The standard InChI is InChI=1S/C22H21ClN2O2/c1-16-3-10-20(11-4-16)25-24-14-18-7-12-21(22(13-18)26-2)27-15-17-5-8-19(23)9-6-17/h3-14,25H,15H2,1-2H3. The van der Waals surface area contributed by atoms with Crippen LogP contribution in [0.25, 0.3) is 0 Å². The molecule has 1 N–H and O–H groups in total. The zero-order valence-corrected chi connectivity index (χ0v) is 16.0. The van der Waals surface area contributed by atoms with E-state index < -0.39 is 0 Å². The van der Waals surface area contributed by atoms with Gasteiger partial charge in [-0.05, 0) is 60.5 Å². The van der Waals surface area contributed by atoms with Gasteiger partial charge in [0.1, 0.15) is 6.61 Å². The van der Waals surface area contributed by atoms with Gasteiger partial charge in [-0.3, -0.25) is 5.43 Å². The molecule has 3 rings (SSSR count). The first kappa shape index (κ1) is 18.8. The number of hydrazone groups is 1. The maximum absolute atomic E-state index is 5.90. The highest BCUT2D eigenvalue weighted by atomic mass is 35.5. The average molecular weight is 381 g/mol. The lowest BCUT2D eigenvalue weighted by molar-refractivity contribution is 0.284. The van der Waals surface area contributed by atoms with E-state index in [-0.39, 0.29) is 0 Å². The molecule has 0 aliphatic heterocycles. The van der Waals surface area contributed by atoms with E-state index in [2.05, 4.69) is 17.5 Å². The highest BCUT2D eigenvalue weighted by Gasteiger charge is 2.06. The van der Waals surface area contributed by atoms with E-state index in [0.717, 1.165) is 16.8 Å². The fourth-order valence-corrected chi connectivity index (χ4v) is 2.56. The third-order valence-electron chi connectivity index (χ3n) is 3.95. The zero-order chi connectivity index (χ0) is 19.1. The molecule has 0 atom stereocenters. The van der Waals surface area contributed by atoms with Crippen molar-refractivity contribution in [2.45, 2.75) is 13.5 Å². The van der Waals surface area contributed by atoms with Gasteiger partial charge >= 0.3 is 0 Å². The number of hydrogen-bond donors (Lipinski definition) is 1. The number of halogens is 1. The minimum absolute atomic E-state index is 0.440. The smallest absolute Gasteiger partial charge is 0.161 e. The van der Waals surface area contributed by atoms with Gasteiger partial charge in [-0.2, -0.15) is 5.10 Å². The van der Waals surface area contributed by atoms with E-state index in [1.165, 1.54) is 5.56 Å². The third-order valence-corrected chi connectivity index (χ3v) is 4.21.